The molecule has 2 aromatic rings. The molecule has 2 aromatic carbocycles. The van der Waals surface area contributed by atoms with Crippen LogP contribution in [0, 0.1) is 0 Å². The second kappa shape index (κ2) is 6.96. The van der Waals surface area contributed by atoms with E-state index in [0.29, 0.717) is 5.75 Å². The van der Waals surface area contributed by atoms with Crippen molar-refractivity contribution in [2.75, 3.05) is 7.11 Å². The number of phenols is 1. The summed E-state index contributed by atoms with van der Waals surface area (Å²) in [7, 11) is 1.59. The van der Waals surface area contributed by atoms with E-state index in [2.05, 4.69) is 40.3 Å². The Bertz CT molecular complexity index is 615. The molecule has 0 aliphatic rings. The second-order valence-corrected chi connectivity index (χ2v) is 6.01. The lowest BCUT2D eigenvalue weighted by atomic mass is 10.0. The lowest BCUT2D eigenvalue weighted by Crippen LogP contribution is -2.22. The van der Waals surface area contributed by atoms with E-state index in [9.17, 15) is 5.11 Å². The predicted octanol–water partition coefficient (Wildman–Crippen LogP) is 4.58. The molecular formula is C17H20BrNO2. The van der Waals surface area contributed by atoms with Crippen molar-refractivity contribution in [1.29, 1.82) is 0 Å². The van der Waals surface area contributed by atoms with Crippen LogP contribution in [0.1, 0.15) is 37.1 Å². The normalized spacial score (nSPS) is 13.7. The van der Waals surface area contributed by atoms with Crippen LogP contribution in [0.3, 0.4) is 0 Å². The van der Waals surface area contributed by atoms with Gasteiger partial charge in [0.1, 0.15) is 11.5 Å². The topological polar surface area (TPSA) is 41.5 Å². The van der Waals surface area contributed by atoms with Crippen LogP contribution in [-0.4, -0.2) is 12.2 Å². The number of rotatable bonds is 5. The Balaban J connectivity index is 2.12. The maximum absolute atomic E-state index is 10.1. The fourth-order valence-electron chi connectivity index (χ4n) is 2.35. The molecule has 0 bridgehead atoms. The predicted molar refractivity (Wildman–Crippen MR) is 88.8 cm³/mol. The molecule has 21 heavy (non-hydrogen) atoms. The van der Waals surface area contributed by atoms with Crippen molar-refractivity contribution >= 4 is 15.9 Å². The third-order valence-corrected chi connectivity index (χ3v) is 4.05. The van der Waals surface area contributed by atoms with Crippen LogP contribution in [0.2, 0.25) is 0 Å². The van der Waals surface area contributed by atoms with E-state index < -0.39 is 0 Å². The van der Waals surface area contributed by atoms with E-state index in [1.165, 1.54) is 5.56 Å². The monoisotopic (exact) mass is 349 g/mol. The first-order chi connectivity index (χ1) is 10.0. The molecule has 0 saturated heterocycles. The third kappa shape index (κ3) is 3.99. The molecule has 4 heteroatoms. The van der Waals surface area contributed by atoms with Gasteiger partial charge in [0.2, 0.25) is 0 Å². The number of methoxy groups -OCH3 is 1. The van der Waals surface area contributed by atoms with E-state index in [-0.39, 0.29) is 17.8 Å². The Labute approximate surface area is 134 Å². The zero-order valence-corrected chi connectivity index (χ0v) is 14.0. The van der Waals surface area contributed by atoms with Gasteiger partial charge < -0.3 is 15.2 Å². The van der Waals surface area contributed by atoms with Gasteiger partial charge in [-0.15, -0.1) is 0 Å². The molecule has 112 valence electrons. The van der Waals surface area contributed by atoms with Crippen molar-refractivity contribution < 1.29 is 9.84 Å². The lowest BCUT2D eigenvalue weighted by molar-refractivity contribution is 0.402. The Kier molecular flexibility index (Phi) is 5.26. The summed E-state index contributed by atoms with van der Waals surface area (Å²) < 4.78 is 6.17. The number of ether oxygens (including phenoxy) is 1. The second-order valence-electron chi connectivity index (χ2n) is 5.09. The Morgan fingerprint density at radius 3 is 2.48 bits per heavy atom. The first-order valence-electron chi connectivity index (χ1n) is 6.89. The summed E-state index contributed by atoms with van der Waals surface area (Å²) in [5, 5.41) is 13.6. The van der Waals surface area contributed by atoms with Gasteiger partial charge in [-0.3, -0.25) is 0 Å². The van der Waals surface area contributed by atoms with Crippen LogP contribution in [0.15, 0.2) is 46.9 Å². The lowest BCUT2D eigenvalue weighted by Gasteiger charge is -2.22. The maximum Gasteiger partial charge on any atom is 0.124 e. The first-order valence-corrected chi connectivity index (χ1v) is 7.69. The van der Waals surface area contributed by atoms with Gasteiger partial charge in [0.05, 0.1) is 7.11 Å². The van der Waals surface area contributed by atoms with Gasteiger partial charge in [-0.1, -0.05) is 34.1 Å². The van der Waals surface area contributed by atoms with Crippen LogP contribution in [-0.2, 0) is 0 Å². The summed E-state index contributed by atoms with van der Waals surface area (Å²) in [5.41, 5.74) is 2.06. The molecule has 2 rings (SSSR count). The molecule has 0 saturated carbocycles. The highest BCUT2D eigenvalue weighted by atomic mass is 79.9. The molecule has 2 unspecified atom stereocenters. The quantitative estimate of drug-likeness (QED) is 0.830. The molecular weight excluding hydrogens is 330 g/mol. The van der Waals surface area contributed by atoms with Crippen LogP contribution in [0.5, 0.6) is 11.5 Å². The van der Waals surface area contributed by atoms with E-state index in [1.54, 1.807) is 13.2 Å². The van der Waals surface area contributed by atoms with Crippen molar-refractivity contribution in [2.24, 2.45) is 0 Å². The minimum absolute atomic E-state index is 0.0323. The minimum Gasteiger partial charge on any atom is -0.507 e. The number of hydrogen-bond donors (Lipinski definition) is 2. The van der Waals surface area contributed by atoms with Gasteiger partial charge in [0.15, 0.2) is 0 Å². The molecule has 2 N–H and O–H groups in total. The van der Waals surface area contributed by atoms with Gasteiger partial charge in [-0.05, 0) is 37.6 Å². The summed E-state index contributed by atoms with van der Waals surface area (Å²) in [6, 6.07) is 13.8. The number of halogens is 1. The molecule has 0 aliphatic carbocycles. The molecule has 3 nitrogen and oxygen atoms in total. The zero-order chi connectivity index (χ0) is 15.4. The van der Waals surface area contributed by atoms with E-state index in [0.717, 1.165) is 10.0 Å². The minimum atomic E-state index is 0.0323. The number of hydrogen-bond acceptors (Lipinski definition) is 3. The standard InChI is InChI=1S/C17H20BrNO2/c1-11(13-5-4-6-14(18)9-13)19-12(2)16-8-7-15(21-3)10-17(16)20/h4-12,19-20H,1-3H3. The van der Waals surface area contributed by atoms with E-state index in [4.69, 9.17) is 4.74 Å². The molecule has 0 heterocycles. The van der Waals surface area contributed by atoms with Crippen LogP contribution in [0.25, 0.3) is 0 Å². The molecule has 0 spiro atoms. The van der Waals surface area contributed by atoms with Crippen molar-refractivity contribution in [3.05, 3.63) is 58.1 Å². The summed E-state index contributed by atoms with van der Waals surface area (Å²) in [4.78, 5) is 0. The number of benzene rings is 2. The molecule has 0 aliphatic heterocycles. The summed E-state index contributed by atoms with van der Waals surface area (Å²) in [5.74, 6) is 0.902. The smallest absolute Gasteiger partial charge is 0.124 e. The van der Waals surface area contributed by atoms with Crippen LogP contribution in [0.4, 0.5) is 0 Å². The van der Waals surface area contributed by atoms with Crippen molar-refractivity contribution in [1.82, 2.24) is 5.32 Å². The van der Waals surface area contributed by atoms with Crippen molar-refractivity contribution in [3.8, 4) is 11.5 Å². The molecule has 0 aromatic heterocycles. The Hall–Kier alpha value is -1.52. The van der Waals surface area contributed by atoms with Crippen molar-refractivity contribution in [2.45, 2.75) is 25.9 Å². The number of aromatic hydroxyl groups is 1. The SMILES string of the molecule is COc1ccc(C(C)NC(C)c2cccc(Br)c2)c(O)c1. The Morgan fingerprint density at radius 2 is 1.86 bits per heavy atom. The highest BCUT2D eigenvalue weighted by Gasteiger charge is 2.14. The van der Waals surface area contributed by atoms with Crippen LogP contribution < -0.4 is 10.1 Å². The summed E-state index contributed by atoms with van der Waals surface area (Å²) >= 11 is 3.49. The van der Waals surface area contributed by atoms with Gasteiger partial charge in [-0.25, -0.2) is 0 Å². The third-order valence-electron chi connectivity index (χ3n) is 3.55. The van der Waals surface area contributed by atoms with E-state index in [1.807, 2.05) is 31.2 Å². The fraction of sp³-hybridized carbons (Fsp3) is 0.294. The van der Waals surface area contributed by atoms with Crippen molar-refractivity contribution in [3.63, 3.8) is 0 Å². The summed E-state index contributed by atoms with van der Waals surface area (Å²) in [6.07, 6.45) is 0. The number of nitrogens with one attached hydrogen (secondary N) is 1. The van der Waals surface area contributed by atoms with Gasteiger partial charge in [0.25, 0.3) is 0 Å². The molecule has 0 radical (unpaired) electrons. The molecule has 0 fully saturated rings. The fourth-order valence-corrected chi connectivity index (χ4v) is 2.77. The van der Waals surface area contributed by atoms with E-state index >= 15 is 0 Å². The number of phenolic OH excluding ortho intramolecular Hbond substituents is 1. The van der Waals surface area contributed by atoms with Gasteiger partial charge in [0, 0.05) is 28.2 Å². The Morgan fingerprint density at radius 1 is 1.10 bits per heavy atom. The first kappa shape index (κ1) is 15.9. The molecule has 2 atom stereocenters. The average Bonchev–Trinajstić information content (AvgIpc) is 2.46. The van der Waals surface area contributed by atoms with Gasteiger partial charge >= 0.3 is 0 Å². The highest BCUT2D eigenvalue weighted by molar-refractivity contribution is 9.10. The maximum atomic E-state index is 10.1. The summed E-state index contributed by atoms with van der Waals surface area (Å²) in [6.45, 7) is 4.15. The van der Waals surface area contributed by atoms with Gasteiger partial charge in [-0.2, -0.15) is 0 Å². The highest BCUT2D eigenvalue weighted by Crippen LogP contribution is 2.30. The largest absolute Gasteiger partial charge is 0.507 e. The molecule has 0 amide bonds. The average molecular weight is 350 g/mol. The van der Waals surface area contributed by atoms with Crippen LogP contribution >= 0.6 is 15.9 Å². The zero-order valence-electron chi connectivity index (χ0n) is 12.4.